The predicted octanol–water partition coefficient (Wildman–Crippen LogP) is 7.87. The summed E-state index contributed by atoms with van der Waals surface area (Å²) in [5.74, 6) is -1.14. The second-order valence-electron chi connectivity index (χ2n) is 10.5. The lowest BCUT2D eigenvalue weighted by molar-refractivity contribution is -0.137. The Morgan fingerprint density at radius 2 is 1.37 bits per heavy atom. The molecule has 2 amide bonds. The summed E-state index contributed by atoms with van der Waals surface area (Å²) in [4.78, 5) is 22.5. The number of pyridine rings is 1. The molecule has 10 heteroatoms. The van der Waals surface area contributed by atoms with Gasteiger partial charge in [0, 0.05) is 38.3 Å². The van der Waals surface area contributed by atoms with Crippen molar-refractivity contribution in [2.45, 2.75) is 24.9 Å². The molecular weight excluding hydrogens is 563 g/mol. The van der Waals surface area contributed by atoms with Gasteiger partial charge in [-0.1, -0.05) is 42.5 Å². The number of halogens is 5. The van der Waals surface area contributed by atoms with E-state index in [0.29, 0.717) is 31.9 Å². The van der Waals surface area contributed by atoms with Crippen molar-refractivity contribution in [1.82, 2.24) is 14.8 Å². The Morgan fingerprint density at radius 1 is 0.791 bits per heavy atom. The Bertz CT molecular complexity index is 1440. The normalized spacial score (nSPS) is 14.2. The summed E-state index contributed by atoms with van der Waals surface area (Å²) in [5.41, 5.74) is 1.20. The number of hydrogen-bond acceptors (Lipinski definition) is 3. The van der Waals surface area contributed by atoms with Crippen molar-refractivity contribution in [3.8, 4) is 0 Å². The number of piperazine rings is 1. The first-order chi connectivity index (χ1) is 20.7. The van der Waals surface area contributed by atoms with E-state index >= 15 is 0 Å². The van der Waals surface area contributed by atoms with Crippen LogP contribution in [0.2, 0.25) is 0 Å². The van der Waals surface area contributed by atoms with Gasteiger partial charge in [-0.2, -0.15) is 13.2 Å². The zero-order valence-corrected chi connectivity index (χ0v) is 23.4. The maximum absolute atomic E-state index is 13.9. The molecule has 0 saturated carbocycles. The molecule has 0 spiro atoms. The first-order valence-corrected chi connectivity index (χ1v) is 14.1. The van der Waals surface area contributed by atoms with Gasteiger partial charge in [0.2, 0.25) is 0 Å². The van der Waals surface area contributed by atoms with Gasteiger partial charge in [0.1, 0.15) is 11.6 Å². The Kier molecular flexibility index (Phi) is 9.35. The van der Waals surface area contributed by atoms with Crippen LogP contribution in [0.3, 0.4) is 0 Å². The molecule has 1 fully saturated rings. The van der Waals surface area contributed by atoms with E-state index in [1.165, 1.54) is 36.5 Å². The smallest absolute Gasteiger partial charge is 0.321 e. The van der Waals surface area contributed by atoms with Crippen LogP contribution in [0.25, 0.3) is 0 Å². The van der Waals surface area contributed by atoms with Gasteiger partial charge in [0.25, 0.3) is 0 Å². The van der Waals surface area contributed by atoms with E-state index in [1.807, 2.05) is 0 Å². The number of anilines is 2. The summed E-state index contributed by atoms with van der Waals surface area (Å²) < 4.78 is 68.8. The van der Waals surface area contributed by atoms with Crippen molar-refractivity contribution in [1.29, 1.82) is 0 Å². The SMILES string of the molecule is O=C(N1CCN(CCCC(c2ccc(F)cc2)c2ccc(F)cc2)CC1)N(c1ccccc1)c1ncccc1C(F)(F)F. The van der Waals surface area contributed by atoms with Crippen LogP contribution in [0.15, 0.2) is 97.2 Å². The van der Waals surface area contributed by atoms with E-state index in [-0.39, 0.29) is 17.6 Å². The lowest BCUT2D eigenvalue weighted by Gasteiger charge is -2.37. The average molecular weight is 595 g/mol. The first-order valence-electron chi connectivity index (χ1n) is 14.1. The fourth-order valence-corrected chi connectivity index (χ4v) is 5.44. The summed E-state index contributed by atoms with van der Waals surface area (Å²) in [5, 5.41) is 0. The molecule has 1 saturated heterocycles. The largest absolute Gasteiger partial charge is 0.419 e. The van der Waals surface area contributed by atoms with E-state index in [1.54, 1.807) is 59.5 Å². The third-order valence-corrected chi connectivity index (χ3v) is 7.66. The van der Waals surface area contributed by atoms with E-state index in [0.717, 1.165) is 41.5 Å². The van der Waals surface area contributed by atoms with Crippen LogP contribution >= 0.6 is 0 Å². The fraction of sp³-hybridized carbons (Fsp3) is 0.273. The number of para-hydroxylation sites is 1. The molecule has 1 aliphatic rings. The van der Waals surface area contributed by atoms with Gasteiger partial charge in [-0.25, -0.2) is 23.5 Å². The van der Waals surface area contributed by atoms with Crippen LogP contribution in [0, 0.1) is 11.6 Å². The average Bonchev–Trinajstić information content (AvgIpc) is 3.01. The number of aromatic nitrogens is 1. The highest BCUT2D eigenvalue weighted by molar-refractivity contribution is 5.99. The first kappa shape index (κ1) is 30.2. The topological polar surface area (TPSA) is 39.7 Å². The van der Waals surface area contributed by atoms with Crippen molar-refractivity contribution < 1.29 is 26.7 Å². The molecule has 2 heterocycles. The maximum atomic E-state index is 13.9. The van der Waals surface area contributed by atoms with Crippen molar-refractivity contribution in [2.24, 2.45) is 0 Å². The van der Waals surface area contributed by atoms with E-state index in [2.05, 4.69) is 9.88 Å². The molecule has 0 radical (unpaired) electrons. The Morgan fingerprint density at radius 3 is 1.93 bits per heavy atom. The number of carbonyl (C=O) groups excluding carboxylic acids is 1. The third-order valence-electron chi connectivity index (χ3n) is 7.66. The van der Waals surface area contributed by atoms with Gasteiger partial charge in [-0.3, -0.25) is 4.90 Å². The highest BCUT2D eigenvalue weighted by atomic mass is 19.4. The summed E-state index contributed by atoms with van der Waals surface area (Å²) in [6.45, 7) is 2.54. The maximum Gasteiger partial charge on any atom is 0.419 e. The lowest BCUT2D eigenvalue weighted by atomic mass is 9.87. The third kappa shape index (κ3) is 7.37. The Balaban J connectivity index is 1.24. The molecule has 1 aromatic heterocycles. The van der Waals surface area contributed by atoms with Gasteiger partial charge >= 0.3 is 12.2 Å². The molecule has 4 aromatic rings. The van der Waals surface area contributed by atoms with Crippen LogP contribution in [0.5, 0.6) is 0 Å². The molecule has 5 nitrogen and oxygen atoms in total. The lowest BCUT2D eigenvalue weighted by Crippen LogP contribution is -2.52. The Hall–Kier alpha value is -4.31. The van der Waals surface area contributed by atoms with E-state index in [9.17, 15) is 26.7 Å². The molecule has 43 heavy (non-hydrogen) atoms. The fourth-order valence-electron chi connectivity index (χ4n) is 5.44. The molecule has 1 aliphatic heterocycles. The van der Waals surface area contributed by atoms with Gasteiger partial charge in [0.05, 0.1) is 11.3 Å². The van der Waals surface area contributed by atoms with Crippen molar-refractivity contribution >= 4 is 17.5 Å². The molecule has 3 aromatic carbocycles. The van der Waals surface area contributed by atoms with Crippen molar-refractivity contribution in [3.05, 3.63) is 126 Å². The number of benzene rings is 3. The molecule has 5 rings (SSSR count). The van der Waals surface area contributed by atoms with E-state index in [4.69, 9.17) is 0 Å². The van der Waals surface area contributed by atoms with Crippen LogP contribution in [-0.4, -0.2) is 53.5 Å². The zero-order valence-electron chi connectivity index (χ0n) is 23.4. The second-order valence-corrected chi connectivity index (χ2v) is 10.5. The highest BCUT2D eigenvalue weighted by Crippen LogP contribution is 2.38. The number of nitrogens with zero attached hydrogens (tertiary/aromatic N) is 4. The number of urea groups is 1. The Labute approximate surface area is 247 Å². The van der Waals surface area contributed by atoms with Gasteiger partial charge in [-0.05, 0) is 79.0 Å². The van der Waals surface area contributed by atoms with Crippen molar-refractivity contribution in [3.63, 3.8) is 0 Å². The summed E-state index contributed by atoms with van der Waals surface area (Å²) in [6.07, 6.45) is -1.89. The molecule has 0 bridgehead atoms. The van der Waals surface area contributed by atoms with Gasteiger partial charge in [0.15, 0.2) is 5.82 Å². The summed E-state index contributed by atoms with van der Waals surface area (Å²) >= 11 is 0. The van der Waals surface area contributed by atoms with E-state index < -0.39 is 23.6 Å². The van der Waals surface area contributed by atoms with Gasteiger partial charge < -0.3 is 4.90 Å². The number of amides is 2. The molecule has 0 aliphatic carbocycles. The quantitative estimate of drug-likeness (QED) is 0.195. The molecule has 0 atom stereocenters. The van der Waals surface area contributed by atoms with Crippen molar-refractivity contribution in [2.75, 3.05) is 37.6 Å². The minimum Gasteiger partial charge on any atom is -0.321 e. The zero-order chi connectivity index (χ0) is 30.4. The van der Waals surface area contributed by atoms with Crippen LogP contribution in [-0.2, 0) is 6.18 Å². The summed E-state index contributed by atoms with van der Waals surface area (Å²) in [7, 11) is 0. The second kappa shape index (κ2) is 13.3. The highest BCUT2D eigenvalue weighted by Gasteiger charge is 2.38. The summed E-state index contributed by atoms with van der Waals surface area (Å²) in [6, 6.07) is 22.5. The van der Waals surface area contributed by atoms with Crippen LogP contribution in [0.1, 0.15) is 35.4 Å². The molecule has 224 valence electrons. The number of hydrogen-bond donors (Lipinski definition) is 0. The number of alkyl halides is 3. The minimum absolute atomic E-state index is 0.0373. The number of carbonyl (C=O) groups is 1. The van der Waals surface area contributed by atoms with Gasteiger partial charge in [-0.15, -0.1) is 0 Å². The number of rotatable bonds is 8. The minimum atomic E-state index is -4.69. The van der Waals surface area contributed by atoms with Crippen LogP contribution in [0.4, 0.5) is 38.3 Å². The molecular formula is C33H31F5N4O. The predicted molar refractivity (Wildman–Crippen MR) is 155 cm³/mol. The van der Waals surface area contributed by atoms with Crippen LogP contribution < -0.4 is 4.90 Å². The monoisotopic (exact) mass is 594 g/mol. The molecule has 0 N–H and O–H groups in total. The standard InChI is InChI=1S/C33H31F5N4O/c34-26-14-10-24(11-15-26)29(25-12-16-27(35)17-13-25)8-5-19-40-20-22-41(23-21-40)32(43)42(28-6-2-1-3-7-28)31-30(33(36,37)38)9-4-18-39-31/h1-4,6-7,9-18,29H,5,8,19-23H2. The molecule has 0 unspecified atom stereocenters.